The average molecular weight is 446 g/mol. The number of carbonyl (C=O) groups is 1. The van der Waals surface area contributed by atoms with Crippen LogP contribution in [0.3, 0.4) is 0 Å². The molecule has 5 nitrogen and oxygen atoms in total. The topological polar surface area (TPSA) is 47.4 Å². The number of aryl methyl sites for hydroxylation is 2. The zero-order chi connectivity index (χ0) is 22.5. The molecule has 0 radical (unpaired) electrons. The summed E-state index contributed by atoms with van der Waals surface area (Å²) in [6, 6.07) is 18.4. The number of para-hydroxylation sites is 1. The van der Waals surface area contributed by atoms with E-state index in [1.807, 2.05) is 46.8 Å². The molecule has 1 aliphatic heterocycles. The molecule has 0 N–H and O–H groups in total. The molecule has 4 aromatic rings. The van der Waals surface area contributed by atoms with Crippen LogP contribution in [0.15, 0.2) is 54.6 Å². The molecule has 0 saturated carbocycles. The van der Waals surface area contributed by atoms with Gasteiger partial charge in [-0.25, -0.2) is 4.68 Å². The summed E-state index contributed by atoms with van der Waals surface area (Å²) in [6.45, 7) is 7.79. The van der Waals surface area contributed by atoms with E-state index in [9.17, 15) is 4.79 Å². The Kier molecular flexibility index (Phi) is 5.05. The predicted molar refractivity (Wildman–Crippen MR) is 129 cm³/mol. The fourth-order valence-corrected chi connectivity index (χ4v) is 5.79. The van der Waals surface area contributed by atoms with Gasteiger partial charge in [-0.15, -0.1) is 11.3 Å². The molecule has 1 aliphatic rings. The van der Waals surface area contributed by atoms with Crippen molar-refractivity contribution in [1.29, 1.82) is 0 Å². The highest BCUT2D eigenvalue weighted by Crippen LogP contribution is 2.38. The maximum absolute atomic E-state index is 13.5. The first-order valence-corrected chi connectivity index (χ1v) is 11.7. The Morgan fingerprint density at radius 1 is 1.12 bits per heavy atom. The first-order chi connectivity index (χ1) is 15.4. The van der Waals surface area contributed by atoms with E-state index in [1.165, 1.54) is 16.9 Å². The average Bonchev–Trinajstić information content (AvgIpc) is 3.49. The van der Waals surface area contributed by atoms with Gasteiger partial charge in [0.25, 0.3) is 5.91 Å². The van der Waals surface area contributed by atoms with Crippen LogP contribution < -0.4 is 4.74 Å². The number of hydrogen-bond acceptors (Lipinski definition) is 4. The van der Waals surface area contributed by atoms with Crippen LogP contribution in [0.25, 0.3) is 15.9 Å². The maximum Gasteiger partial charge on any atom is 0.264 e. The summed E-state index contributed by atoms with van der Waals surface area (Å²) in [6.07, 6.45) is 0.937. The standard InChI is InChI=1S/C26H27N3O2S/c1-17-8-5-6-11-22(17)29-25-21(18(2)27-29)15-23(32-25)24(30)28-13-12-26(3,16-28)19-9-7-10-20(14-19)31-4/h5-11,14-15H,12-13,16H2,1-4H3. The van der Waals surface area contributed by atoms with E-state index in [4.69, 9.17) is 9.84 Å². The second kappa shape index (κ2) is 7.78. The number of benzene rings is 2. The second-order valence-electron chi connectivity index (χ2n) is 8.88. The first-order valence-electron chi connectivity index (χ1n) is 10.9. The van der Waals surface area contributed by atoms with E-state index in [0.29, 0.717) is 6.54 Å². The van der Waals surface area contributed by atoms with Crippen LogP contribution in [-0.4, -0.2) is 40.8 Å². The van der Waals surface area contributed by atoms with Gasteiger partial charge in [-0.2, -0.15) is 5.10 Å². The molecule has 3 heterocycles. The normalized spacial score (nSPS) is 18.4. The minimum Gasteiger partial charge on any atom is -0.497 e. The van der Waals surface area contributed by atoms with Crippen LogP contribution in [0.2, 0.25) is 0 Å². The van der Waals surface area contributed by atoms with E-state index in [1.54, 1.807) is 7.11 Å². The lowest BCUT2D eigenvalue weighted by atomic mass is 9.82. The van der Waals surface area contributed by atoms with Gasteiger partial charge >= 0.3 is 0 Å². The van der Waals surface area contributed by atoms with Crippen molar-refractivity contribution in [2.75, 3.05) is 20.2 Å². The predicted octanol–water partition coefficient (Wildman–Crippen LogP) is 5.52. The first kappa shape index (κ1) is 20.8. The van der Waals surface area contributed by atoms with Gasteiger partial charge in [0.2, 0.25) is 0 Å². The van der Waals surface area contributed by atoms with Crippen LogP contribution in [0.4, 0.5) is 0 Å². The van der Waals surface area contributed by atoms with Gasteiger partial charge in [0.1, 0.15) is 10.6 Å². The molecule has 6 heteroatoms. The summed E-state index contributed by atoms with van der Waals surface area (Å²) in [5.74, 6) is 0.961. The van der Waals surface area contributed by atoms with Crippen LogP contribution in [0.1, 0.15) is 39.8 Å². The molecule has 2 aromatic heterocycles. The molecule has 1 atom stereocenters. The van der Waals surface area contributed by atoms with Crippen molar-refractivity contribution in [3.63, 3.8) is 0 Å². The van der Waals surface area contributed by atoms with Crippen molar-refractivity contribution in [1.82, 2.24) is 14.7 Å². The van der Waals surface area contributed by atoms with E-state index >= 15 is 0 Å². The molecular weight excluding hydrogens is 418 g/mol. The zero-order valence-electron chi connectivity index (χ0n) is 18.9. The van der Waals surface area contributed by atoms with Gasteiger partial charge in [0, 0.05) is 23.9 Å². The van der Waals surface area contributed by atoms with Gasteiger partial charge in [0.05, 0.1) is 23.4 Å². The fraction of sp³-hybridized carbons (Fsp3) is 0.308. The van der Waals surface area contributed by atoms with Crippen molar-refractivity contribution in [2.45, 2.75) is 32.6 Å². The summed E-state index contributed by atoms with van der Waals surface area (Å²) >= 11 is 1.53. The van der Waals surface area contributed by atoms with E-state index in [0.717, 1.165) is 50.8 Å². The third-order valence-electron chi connectivity index (χ3n) is 6.63. The summed E-state index contributed by atoms with van der Waals surface area (Å²) in [4.78, 5) is 17.3. The van der Waals surface area contributed by atoms with E-state index < -0.39 is 0 Å². The third kappa shape index (κ3) is 3.39. The number of amides is 1. The Bertz CT molecular complexity index is 1320. The lowest BCUT2D eigenvalue weighted by molar-refractivity contribution is 0.0789. The van der Waals surface area contributed by atoms with Crippen LogP contribution >= 0.6 is 11.3 Å². The number of likely N-dealkylation sites (tertiary alicyclic amines) is 1. The molecule has 2 aromatic carbocycles. The van der Waals surface area contributed by atoms with Gasteiger partial charge in [-0.1, -0.05) is 37.3 Å². The van der Waals surface area contributed by atoms with Crippen LogP contribution in [0, 0.1) is 13.8 Å². The Hall–Kier alpha value is -3.12. The lowest BCUT2D eigenvalue weighted by Crippen LogP contribution is -2.32. The number of rotatable bonds is 4. The number of nitrogens with zero attached hydrogens (tertiary/aromatic N) is 3. The molecule has 1 amide bonds. The number of aromatic nitrogens is 2. The smallest absolute Gasteiger partial charge is 0.264 e. The Balaban J connectivity index is 1.44. The molecule has 0 aliphatic carbocycles. The summed E-state index contributed by atoms with van der Waals surface area (Å²) in [5.41, 5.74) is 4.30. The largest absolute Gasteiger partial charge is 0.497 e. The SMILES string of the molecule is COc1cccc(C2(C)CCN(C(=O)c3cc4c(C)nn(-c5ccccc5C)c4s3)C2)c1. The highest BCUT2D eigenvalue weighted by molar-refractivity contribution is 7.20. The maximum atomic E-state index is 13.5. The molecular formula is C26H27N3O2S. The molecule has 1 fully saturated rings. The zero-order valence-corrected chi connectivity index (χ0v) is 19.7. The lowest BCUT2D eigenvalue weighted by Gasteiger charge is -2.25. The van der Waals surface area contributed by atoms with Crippen LogP contribution in [0.5, 0.6) is 5.75 Å². The Morgan fingerprint density at radius 2 is 1.94 bits per heavy atom. The number of carbonyl (C=O) groups excluding carboxylic acids is 1. The Labute approximate surface area is 192 Å². The van der Waals surface area contributed by atoms with Crippen molar-refractivity contribution in [3.05, 3.63) is 76.3 Å². The number of fused-ring (bicyclic) bond motifs is 1. The number of methoxy groups -OCH3 is 1. The monoisotopic (exact) mass is 445 g/mol. The Morgan fingerprint density at radius 3 is 2.72 bits per heavy atom. The third-order valence-corrected chi connectivity index (χ3v) is 7.72. The van der Waals surface area contributed by atoms with Gasteiger partial charge in [-0.05, 0) is 55.7 Å². The van der Waals surface area contributed by atoms with Crippen LogP contribution in [-0.2, 0) is 5.41 Å². The quantitative estimate of drug-likeness (QED) is 0.416. The number of ether oxygens (including phenoxy) is 1. The summed E-state index contributed by atoms with van der Waals surface area (Å²) < 4.78 is 7.39. The molecule has 0 bridgehead atoms. The van der Waals surface area contributed by atoms with Gasteiger partial charge in [0.15, 0.2) is 0 Å². The highest BCUT2D eigenvalue weighted by Gasteiger charge is 2.38. The molecule has 1 saturated heterocycles. The van der Waals surface area contributed by atoms with Crippen molar-refractivity contribution >= 4 is 27.5 Å². The number of hydrogen-bond donors (Lipinski definition) is 0. The summed E-state index contributed by atoms with van der Waals surface area (Å²) in [7, 11) is 1.69. The summed E-state index contributed by atoms with van der Waals surface area (Å²) in [5, 5.41) is 5.80. The van der Waals surface area contributed by atoms with E-state index in [2.05, 4.69) is 38.1 Å². The number of thiophene rings is 1. The van der Waals surface area contributed by atoms with Gasteiger partial charge in [-0.3, -0.25) is 4.79 Å². The molecule has 0 spiro atoms. The minimum atomic E-state index is -0.0747. The molecule has 164 valence electrons. The van der Waals surface area contributed by atoms with Gasteiger partial charge < -0.3 is 9.64 Å². The molecule has 5 rings (SSSR count). The van der Waals surface area contributed by atoms with Crippen molar-refractivity contribution < 1.29 is 9.53 Å². The molecule has 1 unspecified atom stereocenters. The molecule has 32 heavy (non-hydrogen) atoms. The minimum absolute atomic E-state index is 0.0747. The van der Waals surface area contributed by atoms with Crippen molar-refractivity contribution in [3.8, 4) is 11.4 Å². The highest BCUT2D eigenvalue weighted by atomic mass is 32.1. The van der Waals surface area contributed by atoms with Crippen molar-refractivity contribution in [2.24, 2.45) is 0 Å². The van der Waals surface area contributed by atoms with E-state index in [-0.39, 0.29) is 11.3 Å². The second-order valence-corrected chi connectivity index (χ2v) is 9.91. The fourth-order valence-electron chi connectivity index (χ4n) is 4.64.